The Hall–Kier alpha value is 4.10. The zero-order chi connectivity index (χ0) is 9.86. The summed E-state index contributed by atoms with van der Waals surface area (Å²) in [5.41, 5.74) is 0. The summed E-state index contributed by atoms with van der Waals surface area (Å²) in [7, 11) is 39.4. The van der Waals surface area contributed by atoms with Gasteiger partial charge in [-0.25, -0.2) is 60.3 Å². The maximum atomic E-state index is 4.94. The quantitative estimate of drug-likeness (QED) is 0.528. The van der Waals surface area contributed by atoms with Gasteiger partial charge in [0.05, 0.1) is 0 Å². The molecule has 0 atom stereocenters. The van der Waals surface area contributed by atoms with Crippen molar-refractivity contribution in [3.8, 4) is 0 Å². The van der Waals surface area contributed by atoms with Crippen LogP contribution in [0.4, 0.5) is 0 Å². The fourth-order valence-corrected chi connectivity index (χ4v) is 0. The first-order valence-electron chi connectivity index (χ1n) is 1.69. The van der Waals surface area contributed by atoms with Gasteiger partial charge in [0.15, 0.2) is 0 Å². The van der Waals surface area contributed by atoms with Crippen molar-refractivity contribution < 1.29 is 17.0 Å². The normalized spacial score (nSPS) is 6.18. The Morgan fingerprint density at radius 1 is 0.636 bits per heavy atom. The van der Waals surface area contributed by atoms with Crippen LogP contribution in [0.5, 0.6) is 0 Å². The van der Waals surface area contributed by atoms with Gasteiger partial charge in [0, 0.05) is 0 Å². The van der Waals surface area contributed by atoms with E-state index in [1.165, 1.54) is 0 Å². The molecule has 11 heavy (non-hydrogen) atoms. The summed E-state index contributed by atoms with van der Waals surface area (Å²) in [5.74, 6) is 0. The first kappa shape index (κ1) is 20.5. The first-order valence-corrected chi connectivity index (χ1v) is 16.5. The molecule has 0 aromatic heterocycles. The molecule has 0 rings (SSSR count). The van der Waals surface area contributed by atoms with E-state index >= 15 is 0 Å². The summed E-state index contributed by atoms with van der Waals surface area (Å²) in [6.45, 7) is 0. The number of hydrogen-bond donors (Lipinski definition) is 0. The Bertz CT molecular complexity index is 35.8. The Morgan fingerprint density at radius 3 is 0.636 bits per heavy atom. The second kappa shape index (κ2) is 19.6. The molecule has 0 spiro atoms. The van der Waals surface area contributed by atoms with Crippen LogP contribution in [0, 0.1) is 0 Å². The van der Waals surface area contributed by atoms with E-state index in [-0.39, 0.29) is 0 Å². The molecule has 0 fully saturated rings. The van der Waals surface area contributed by atoms with Crippen LogP contribution in [0.2, 0.25) is 0 Å². The summed E-state index contributed by atoms with van der Waals surface area (Å²) in [4.78, 5) is 0. The third-order valence-electron chi connectivity index (χ3n) is 0. The average molecular weight is 385 g/mol. The van der Waals surface area contributed by atoms with Crippen LogP contribution in [0.3, 0.4) is 0 Å². The zero-order valence-corrected chi connectivity index (χ0v) is 14.6. The molecule has 0 heterocycles. The average Bonchev–Trinajstić information content (AvgIpc) is 1.60. The third-order valence-corrected chi connectivity index (χ3v) is 0. The molecule has 0 unspecified atom stereocenters. The minimum absolute atomic E-state index is 0.556. The van der Waals surface area contributed by atoms with Gasteiger partial charge < -0.3 is 0 Å². The molecular formula is Al2Cl8Ti. The van der Waals surface area contributed by atoms with Crippen LogP contribution >= 0.6 is 78.9 Å². The van der Waals surface area contributed by atoms with Crippen molar-refractivity contribution in [1.82, 2.24) is 0 Å². The van der Waals surface area contributed by atoms with E-state index in [0.717, 1.165) is 0 Å². The Balaban J connectivity index is -0.0000000886. The number of rotatable bonds is 0. The van der Waals surface area contributed by atoms with Crippen LogP contribution in [0.15, 0.2) is 0 Å². The molecule has 0 nitrogen and oxygen atoms in total. The number of halogens is 8. The van der Waals surface area contributed by atoms with Crippen LogP contribution in [0.25, 0.3) is 0 Å². The van der Waals surface area contributed by atoms with E-state index < -0.39 is 39.8 Å². The molecule has 0 aliphatic heterocycles. The van der Waals surface area contributed by atoms with E-state index in [1.807, 2.05) is 0 Å². The summed E-state index contributed by atoms with van der Waals surface area (Å²) in [6.07, 6.45) is 0. The van der Waals surface area contributed by atoms with Crippen molar-refractivity contribution in [1.29, 1.82) is 0 Å². The molecule has 0 radical (unpaired) electrons. The van der Waals surface area contributed by atoms with E-state index in [1.54, 1.807) is 0 Å². The van der Waals surface area contributed by atoms with E-state index in [4.69, 9.17) is 78.9 Å². The SMILES string of the molecule is [Cl][Al]([Cl])[Cl].[Cl][Al]([Cl])[Cl].[Cl][Ti][Cl]. The van der Waals surface area contributed by atoms with Gasteiger partial charge in [-0.2, -0.15) is 0 Å². The third kappa shape index (κ3) is 123. The van der Waals surface area contributed by atoms with Crippen LogP contribution < -0.4 is 0 Å². The number of hydrogen-bond acceptors (Lipinski definition) is 0. The van der Waals surface area contributed by atoms with Gasteiger partial charge in [-0.15, -0.1) is 0 Å². The van der Waals surface area contributed by atoms with Gasteiger partial charge in [-0.1, -0.05) is 0 Å². The summed E-state index contributed by atoms with van der Waals surface area (Å²) in [5, 5.41) is 0. The van der Waals surface area contributed by atoms with Crippen molar-refractivity contribution in [3.05, 3.63) is 0 Å². The van der Waals surface area contributed by atoms with E-state index in [0.29, 0.717) is 0 Å². The van der Waals surface area contributed by atoms with E-state index in [9.17, 15) is 0 Å². The van der Waals surface area contributed by atoms with Crippen molar-refractivity contribution in [2.45, 2.75) is 0 Å². The molecule has 0 amide bonds. The molecule has 0 aromatic rings. The van der Waals surface area contributed by atoms with Crippen LogP contribution in [-0.2, 0) is 17.0 Å². The predicted molar refractivity (Wildman–Crippen MR) is 58.3 cm³/mol. The topological polar surface area (TPSA) is 0 Å². The second-order valence-electron chi connectivity index (χ2n) is 0.566. The molecule has 0 saturated heterocycles. The summed E-state index contributed by atoms with van der Waals surface area (Å²) < 4.78 is 0. The molecule has 0 aliphatic carbocycles. The molecule has 0 saturated carbocycles. The molecular weight excluding hydrogens is 385 g/mol. The van der Waals surface area contributed by atoms with Gasteiger partial charge in [0.2, 0.25) is 0 Å². The van der Waals surface area contributed by atoms with Crippen molar-refractivity contribution >= 4 is 102 Å². The van der Waals surface area contributed by atoms with Gasteiger partial charge in [0.1, 0.15) is 0 Å². The van der Waals surface area contributed by atoms with Gasteiger partial charge in [-0.3, -0.25) is 0 Å². The van der Waals surface area contributed by atoms with Gasteiger partial charge >= 0.3 is 58.4 Å². The van der Waals surface area contributed by atoms with Gasteiger partial charge in [-0.05, 0) is 0 Å². The monoisotopic (exact) mass is 382 g/mol. The molecule has 66 valence electrons. The standard InChI is InChI=1S/2Al.8ClH.Ti/h;;8*1H;/q2*+3;;;;;;;;;+2/p-8. The molecule has 11 heteroatoms. The maximum absolute atomic E-state index is 4.94. The Labute approximate surface area is 116 Å². The minimum atomic E-state index is -1.72. The van der Waals surface area contributed by atoms with E-state index in [2.05, 4.69) is 0 Å². The van der Waals surface area contributed by atoms with Gasteiger partial charge in [0.25, 0.3) is 0 Å². The molecule has 0 N–H and O–H groups in total. The molecule has 0 aliphatic rings. The molecule has 0 bridgehead atoms. The summed E-state index contributed by atoms with van der Waals surface area (Å²) >= 11 is -4.00. The van der Waals surface area contributed by atoms with Crippen molar-refractivity contribution in [3.63, 3.8) is 0 Å². The Morgan fingerprint density at radius 2 is 0.636 bits per heavy atom. The fourth-order valence-electron chi connectivity index (χ4n) is 0. The molecule has 0 aromatic carbocycles. The van der Waals surface area contributed by atoms with Crippen LogP contribution in [0.1, 0.15) is 0 Å². The fraction of sp³-hybridized carbons (Fsp3) is 0. The summed E-state index contributed by atoms with van der Waals surface area (Å²) in [6, 6.07) is 0. The predicted octanol–water partition coefficient (Wildman–Crippen LogP) is 4.75. The zero-order valence-electron chi connectivity index (χ0n) is 4.68. The Kier molecular flexibility index (Phi) is 36.6. The second-order valence-corrected chi connectivity index (χ2v) is 16.0. The first-order chi connectivity index (χ1) is 4.88. The van der Waals surface area contributed by atoms with Crippen molar-refractivity contribution in [2.24, 2.45) is 0 Å². The van der Waals surface area contributed by atoms with Crippen LogP contribution in [-0.4, -0.2) is 22.8 Å². The van der Waals surface area contributed by atoms with Crippen molar-refractivity contribution in [2.75, 3.05) is 0 Å².